The van der Waals surface area contributed by atoms with Crippen molar-refractivity contribution in [3.63, 3.8) is 0 Å². The first-order valence-corrected chi connectivity index (χ1v) is 6.04. The summed E-state index contributed by atoms with van der Waals surface area (Å²) in [6.07, 6.45) is 5.54. The van der Waals surface area contributed by atoms with Crippen LogP contribution in [0, 0.1) is 5.92 Å². The van der Waals surface area contributed by atoms with E-state index in [9.17, 15) is 0 Å². The minimum Gasteiger partial charge on any atom is -0.380 e. The average molecular weight is 214 g/mol. The molecule has 0 saturated carbocycles. The zero-order valence-electron chi connectivity index (χ0n) is 9.45. The van der Waals surface area contributed by atoms with E-state index in [1.54, 1.807) is 0 Å². The molecule has 88 valence electrons. The van der Waals surface area contributed by atoms with Gasteiger partial charge in [0.15, 0.2) is 0 Å². The molecule has 0 amide bonds. The summed E-state index contributed by atoms with van der Waals surface area (Å²) in [6.45, 7) is 3.65. The van der Waals surface area contributed by atoms with Crippen molar-refractivity contribution < 1.29 is 9.47 Å². The fourth-order valence-electron chi connectivity index (χ4n) is 2.75. The Bertz CT molecular complexity index is 201. The smallest absolute Gasteiger partial charge is 0.0636 e. The zero-order valence-corrected chi connectivity index (χ0v) is 9.45. The van der Waals surface area contributed by atoms with E-state index < -0.39 is 0 Å². The predicted molar refractivity (Wildman–Crippen MR) is 58.2 cm³/mol. The average Bonchev–Trinajstić information content (AvgIpc) is 2.86. The summed E-state index contributed by atoms with van der Waals surface area (Å²) >= 11 is 0. The molecule has 0 aromatic rings. The third-order valence-electron chi connectivity index (χ3n) is 3.53. The first-order chi connectivity index (χ1) is 7.35. The van der Waals surface area contributed by atoms with E-state index in [2.05, 4.69) is 12.3 Å². The van der Waals surface area contributed by atoms with Crippen LogP contribution in [0.5, 0.6) is 0 Å². The molecule has 2 heterocycles. The normalized spacial score (nSPS) is 36.0. The van der Waals surface area contributed by atoms with Gasteiger partial charge in [0, 0.05) is 18.6 Å². The standard InChI is InChI=1S/C11H22N2O2/c1-2-5-14-7-10(13-12)9-6-8-3-4-11(9)15-8/h8-11,13H,2-7,12H2,1H3. The molecule has 0 aliphatic carbocycles. The van der Waals surface area contributed by atoms with Gasteiger partial charge in [0.05, 0.1) is 18.8 Å². The van der Waals surface area contributed by atoms with Gasteiger partial charge in [0.2, 0.25) is 0 Å². The molecule has 0 aromatic carbocycles. The molecule has 2 fully saturated rings. The van der Waals surface area contributed by atoms with Crippen molar-refractivity contribution in [1.29, 1.82) is 0 Å². The van der Waals surface area contributed by atoms with E-state index in [1.165, 1.54) is 12.8 Å². The van der Waals surface area contributed by atoms with E-state index >= 15 is 0 Å². The van der Waals surface area contributed by atoms with Crippen molar-refractivity contribution in [3.8, 4) is 0 Å². The third-order valence-corrected chi connectivity index (χ3v) is 3.53. The van der Waals surface area contributed by atoms with Gasteiger partial charge in [0.25, 0.3) is 0 Å². The summed E-state index contributed by atoms with van der Waals surface area (Å²) in [5, 5.41) is 0. The highest BCUT2D eigenvalue weighted by molar-refractivity contribution is 4.94. The molecule has 4 atom stereocenters. The van der Waals surface area contributed by atoms with Gasteiger partial charge >= 0.3 is 0 Å². The Morgan fingerprint density at radius 3 is 2.93 bits per heavy atom. The molecule has 4 nitrogen and oxygen atoms in total. The van der Waals surface area contributed by atoms with Gasteiger partial charge in [-0.25, -0.2) is 0 Å². The van der Waals surface area contributed by atoms with Crippen LogP contribution < -0.4 is 11.3 Å². The van der Waals surface area contributed by atoms with Gasteiger partial charge in [-0.15, -0.1) is 0 Å². The third kappa shape index (κ3) is 2.50. The van der Waals surface area contributed by atoms with Crippen LogP contribution in [0.4, 0.5) is 0 Å². The summed E-state index contributed by atoms with van der Waals surface area (Å²) in [4.78, 5) is 0. The molecule has 2 rings (SSSR count). The van der Waals surface area contributed by atoms with Crippen molar-refractivity contribution in [2.45, 2.75) is 50.9 Å². The first-order valence-electron chi connectivity index (χ1n) is 6.04. The Morgan fingerprint density at radius 1 is 1.53 bits per heavy atom. The SMILES string of the molecule is CCCOCC(NN)C1CC2CCC1O2. The van der Waals surface area contributed by atoms with Crippen molar-refractivity contribution in [1.82, 2.24) is 5.43 Å². The van der Waals surface area contributed by atoms with E-state index in [0.717, 1.165) is 19.4 Å². The Labute approximate surface area is 91.5 Å². The molecular formula is C11H22N2O2. The molecule has 0 aromatic heterocycles. The predicted octanol–water partition coefficient (Wildman–Crippen LogP) is 0.812. The van der Waals surface area contributed by atoms with Crippen molar-refractivity contribution >= 4 is 0 Å². The highest BCUT2D eigenvalue weighted by atomic mass is 16.5. The summed E-state index contributed by atoms with van der Waals surface area (Å²) in [7, 11) is 0. The minimum absolute atomic E-state index is 0.256. The van der Waals surface area contributed by atoms with Crippen LogP contribution in [0.3, 0.4) is 0 Å². The lowest BCUT2D eigenvalue weighted by Gasteiger charge is -2.27. The molecule has 2 bridgehead atoms. The highest BCUT2D eigenvalue weighted by Gasteiger charge is 2.44. The summed E-state index contributed by atoms with van der Waals surface area (Å²) in [6, 6.07) is 0.256. The maximum Gasteiger partial charge on any atom is 0.0636 e. The number of ether oxygens (including phenoxy) is 2. The van der Waals surface area contributed by atoms with Gasteiger partial charge in [0.1, 0.15) is 0 Å². The van der Waals surface area contributed by atoms with Crippen molar-refractivity contribution in [3.05, 3.63) is 0 Å². The minimum atomic E-state index is 0.256. The fraction of sp³-hybridized carbons (Fsp3) is 1.00. The van der Waals surface area contributed by atoms with Crippen LogP contribution in [0.25, 0.3) is 0 Å². The van der Waals surface area contributed by atoms with Crippen LogP contribution >= 0.6 is 0 Å². The monoisotopic (exact) mass is 214 g/mol. The molecule has 3 N–H and O–H groups in total. The Kier molecular flexibility index (Phi) is 3.97. The maximum atomic E-state index is 5.82. The second-order valence-electron chi connectivity index (χ2n) is 4.62. The largest absolute Gasteiger partial charge is 0.380 e. The van der Waals surface area contributed by atoms with Crippen molar-refractivity contribution in [2.24, 2.45) is 11.8 Å². The number of hydrazine groups is 1. The summed E-state index contributed by atoms with van der Waals surface area (Å²) in [5.41, 5.74) is 2.88. The number of rotatable bonds is 6. The number of nitrogens with two attached hydrogens (primary N) is 1. The number of nitrogens with one attached hydrogen (secondary N) is 1. The molecule has 2 aliphatic rings. The number of hydrogen-bond donors (Lipinski definition) is 2. The second kappa shape index (κ2) is 5.25. The highest BCUT2D eigenvalue weighted by Crippen LogP contribution is 2.40. The second-order valence-corrected chi connectivity index (χ2v) is 4.62. The maximum absolute atomic E-state index is 5.82. The first kappa shape index (κ1) is 11.3. The summed E-state index contributed by atoms with van der Waals surface area (Å²) in [5.74, 6) is 6.13. The Morgan fingerprint density at radius 2 is 2.40 bits per heavy atom. The molecule has 4 unspecified atom stereocenters. The van der Waals surface area contributed by atoms with Crippen LogP contribution in [-0.2, 0) is 9.47 Å². The molecule has 2 aliphatic heterocycles. The van der Waals surface area contributed by atoms with E-state index in [4.69, 9.17) is 15.3 Å². The van der Waals surface area contributed by atoms with Gasteiger partial charge in [-0.2, -0.15) is 0 Å². The summed E-state index contributed by atoms with van der Waals surface area (Å²) < 4.78 is 11.4. The lowest BCUT2D eigenvalue weighted by Crippen LogP contribution is -2.47. The van der Waals surface area contributed by atoms with Crippen LogP contribution in [-0.4, -0.2) is 31.5 Å². The van der Waals surface area contributed by atoms with Crippen LogP contribution in [0.15, 0.2) is 0 Å². The lowest BCUT2D eigenvalue weighted by molar-refractivity contribution is 0.0575. The molecule has 0 radical (unpaired) electrons. The van der Waals surface area contributed by atoms with Gasteiger partial charge in [-0.05, 0) is 25.7 Å². The molecule has 0 spiro atoms. The Balaban J connectivity index is 1.79. The topological polar surface area (TPSA) is 56.5 Å². The van der Waals surface area contributed by atoms with E-state index in [-0.39, 0.29) is 6.04 Å². The van der Waals surface area contributed by atoms with Gasteiger partial charge in [-0.1, -0.05) is 6.92 Å². The molecule has 2 saturated heterocycles. The van der Waals surface area contributed by atoms with Gasteiger partial charge in [-0.3, -0.25) is 11.3 Å². The van der Waals surface area contributed by atoms with Gasteiger partial charge < -0.3 is 9.47 Å². The molecular weight excluding hydrogens is 192 g/mol. The molecule has 4 heteroatoms. The van der Waals surface area contributed by atoms with E-state index in [0.29, 0.717) is 24.7 Å². The molecule has 15 heavy (non-hydrogen) atoms. The van der Waals surface area contributed by atoms with E-state index in [1.807, 2.05) is 0 Å². The zero-order chi connectivity index (χ0) is 10.7. The fourth-order valence-corrected chi connectivity index (χ4v) is 2.75. The quantitative estimate of drug-likeness (QED) is 0.390. The number of fused-ring (bicyclic) bond motifs is 2. The van der Waals surface area contributed by atoms with Crippen molar-refractivity contribution in [2.75, 3.05) is 13.2 Å². The van der Waals surface area contributed by atoms with Crippen LogP contribution in [0.2, 0.25) is 0 Å². The lowest BCUT2D eigenvalue weighted by atomic mass is 9.84. The van der Waals surface area contributed by atoms with Crippen LogP contribution in [0.1, 0.15) is 32.6 Å². The number of hydrogen-bond acceptors (Lipinski definition) is 4. The Hall–Kier alpha value is -0.160.